The molecular weight excluding hydrogens is 260 g/mol. The van der Waals surface area contributed by atoms with Gasteiger partial charge in [0.2, 0.25) is 5.89 Å². The fraction of sp³-hybridized carbons (Fsp3) is 0.143. The first-order valence-electron chi connectivity index (χ1n) is 5.91. The molecule has 0 amide bonds. The molecule has 96 valence electrons. The molecule has 4 nitrogen and oxygen atoms in total. The number of rotatable bonds is 4. The molecular formula is C14H12N2O2S. The van der Waals surface area contributed by atoms with Crippen molar-refractivity contribution in [2.24, 2.45) is 0 Å². The monoisotopic (exact) mass is 272 g/mol. The Hall–Kier alpha value is -2.14. The van der Waals surface area contributed by atoms with Gasteiger partial charge in [0, 0.05) is 11.3 Å². The normalized spacial score (nSPS) is 10.7. The van der Waals surface area contributed by atoms with Crippen LogP contribution < -0.4 is 0 Å². The van der Waals surface area contributed by atoms with E-state index < -0.39 is 0 Å². The van der Waals surface area contributed by atoms with Gasteiger partial charge in [-0.15, -0.1) is 11.3 Å². The first-order valence-corrected chi connectivity index (χ1v) is 6.79. The highest BCUT2D eigenvalue weighted by Crippen LogP contribution is 2.16. The second-order valence-electron chi connectivity index (χ2n) is 4.21. The molecule has 5 heteroatoms. The summed E-state index contributed by atoms with van der Waals surface area (Å²) in [5.74, 6) is 1.51. The average molecular weight is 272 g/mol. The molecule has 0 aliphatic rings. The van der Waals surface area contributed by atoms with Crippen molar-refractivity contribution in [2.45, 2.75) is 12.8 Å². The SMILES string of the molecule is Oc1cccc(Cc2nc(Cc3cccs3)no2)c1. The molecule has 0 fully saturated rings. The highest BCUT2D eigenvalue weighted by Gasteiger charge is 2.08. The number of hydrogen-bond acceptors (Lipinski definition) is 5. The van der Waals surface area contributed by atoms with Crippen molar-refractivity contribution in [1.29, 1.82) is 0 Å². The topological polar surface area (TPSA) is 59.2 Å². The minimum atomic E-state index is 0.246. The third kappa shape index (κ3) is 3.00. The van der Waals surface area contributed by atoms with Crippen LogP contribution in [0.2, 0.25) is 0 Å². The van der Waals surface area contributed by atoms with Gasteiger partial charge >= 0.3 is 0 Å². The number of nitrogens with zero attached hydrogens (tertiary/aromatic N) is 2. The molecule has 1 aromatic carbocycles. The summed E-state index contributed by atoms with van der Waals surface area (Å²) in [5, 5.41) is 15.4. The third-order valence-electron chi connectivity index (χ3n) is 2.69. The Morgan fingerprint density at radius 2 is 2.11 bits per heavy atom. The van der Waals surface area contributed by atoms with E-state index in [9.17, 15) is 5.11 Å². The first-order chi connectivity index (χ1) is 9.29. The summed E-state index contributed by atoms with van der Waals surface area (Å²) >= 11 is 1.68. The van der Waals surface area contributed by atoms with Gasteiger partial charge in [-0.05, 0) is 29.1 Å². The van der Waals surface area contributed by atoms with E-state index in [1.807, 2.05) is 17.5 Å². The van der Waals surface area contributed by atoms with Crippen LogP contribution in [-0.4, -0.2) is 15.2 Å². The zero-order valence-corrected chi connectivity index (χ0v) is 10.9. The van der Waals surface area contributed by atoms with Gasteiger partial charge < -0.3 is 9.63 Å². The summed E-state index contributed by atoms with van der Waals surface area (Å²) in [7, 11) is 0. The van der Waals surface area contributed by atoms with Gasteiger partial charge in [0.25, 0.3) is 0 Å². The van der Waals surface area contributed by atoms with Gasteiger partial charge in [0.1, 0.15) is 5.75 Å². The van der Waals surface area contributed by atoms with Crippen molar-refractivity contribution >= 4 is 11.3 Å². The Bertz CT molecular complexity index is 662. The molecule has 3 rings (SSSR count). The predicted molar refractivity (Wildman–Crippen MR) is 72.3 cm³/mol. The molecule has 19 heavy (non-hydrogen) atoms. The van der Waals surface area contributed by atoms with Crippen molar-refractivity contribution in [3.63, 3.8) is 0 Å². The number of aromatic nitrogens is 2. The number of hydrogen-bond donors (Lipinski definition) is 1. The van der Waals surface area contributed by atoms with E-state index in [4.69, 9.17) is 4.52 Å². The van der Waals surface area contributed by atoms with Gasteiger partial charge in [-0.3, -0.25) is 0 Å². The van der Waals surface area contributed by atoms with E-state index in [1.54, 1.807) is 29.5 Å². The van der Waals surface area contributed by atoms with E-state index in [0.29, 0.717) is 24.6 Å². The Morgan fingerprint density at radius 1 is 1.16 bits per heavy atom. The maximum atomic E-state index is 9.40. The number of phenolic OH excluding ortho intramolecular Hbond substituents is 1. The lowest BCUT2D eigenvalue weighted by Crippen LogP contribution is -1.90. The minimum absolute atomic E-state index is 0.246. The van der Waals surface area contributed by atoms with Gasteiger partial charge in [0.15, 0.2) is 5.82 Å². The van der Waals surface area contributed by atoms with E-state index in [1.165, 1.54) is 4.88 Å². The molecule has 3 aromatic rings. The second kappa shape index (κ2) is 5.24. The Labute approximate surface area is 114 Å². The molecule has 0 bridgehead atoms. The van der Waals surface area contributed by atoms with Gasteiger partial charge in [-0.1, -0.05) is 23.4 Å². The first kappa shape index (κ1) is 11.9. The molecule has 2 aromatic heterocycles. The van der Waals surface area contributed by atoms with Crippen molar-refractivity contribution < 1.29 is 9.63 Å². The van der Waals surface area contributed by atoms with Crippen LogP contribution in [0.3, 0.4) is 0 Å². The van der Waals surface area contributed by atoms with Crippen LogP contribution in [0.4, 0.5) is 0 Å². The highest BCUT2D eigenvalue weighted by atomic mass is 32.1. The van der Waals surface area contributed by atoms with Crippen molar-refractivity contribution in [3.05, 3.63) is 63.9 Å². The van der Waals surface area contributed by atoms with E-state index in [0.717, 1.165) is 5.56 Å². The lowest BCUT2D eigenvalue weighted by atomic mass is 10.1. The molecule has 0 radical (unpaired) electrons. The standard InChI is InChI=1S/C14H12N2O2S/c17-11-4-1-3-10(7-11)8-14-15-13(16-18-14)9-12-5-2-6-19-12/h1-7,17H,8-9H2. The second-order valence-corrected chi connectivity index (χ2v) is 5.24. The van der Waals surface area contributed by atoms with Crippen LogP contribution in [-0.2, 0) is 12.8 Å². The summed E-state index contributed by atoms with van der Waals surface area (Å²) in [6.45, 7) is 0. The molecule has 1 N–H and O–H groups in total. The van der Waals surface area contributed by atoms with Crippen LogP contribution in [0, 0.1) is 0 Å². The van der Waals surface area contributed by atoms with Crippen LogP contribution in [0.25, 0.3) is 0 Å². The quantitative estimate of drug-likeness (QED) is 0.793. The average Bonchev–Trinajstić information content (AvgIpc) is 3.02. The highest BCUT2D eigenvalue weighted by molar-refractivity contribution is 7.09. The maximum Gasteiger partial charge on any atom is 0.231 e. The number of thiophene rings is 1. The Kier molecular flexibility index (Phi) is 3.29. The summed E-state index contributed by atoms with van der Waals surface area (Å²) in [6, 6.07) is 11.1. The van der Waals surface area contributed by atoms with Crippen molar-refractivity contribution in [1.82, 2.24) is 10.1 Å². The van der Waals surface area contributed by atoms with Crippen LogP contribution in [0.1, 0.15) is 22.2 Å². The molecule has 0 spiro atoms. The molecule has 0 unspecified atom stereocenters. The van der Waals surface area contributed by atoms with Crippen LogP contribution in [0.15, 0.2) is 46.3 Å². The lowest BCUT2D eigenvalue weighted by molar-refractivity contribution is 0.380. The zero-order valence-electron chi connectivity index (χ0n) is 10.1. The van der Waals surface area contributed by atoms with E-state index in [-0.39, 0.29) is 5.75 Å². The summed E-state index contributed by atoms with van der Waals surface area (Å²) in [6.07, 6.45) is 1.23. The fourth-order valence-corrected chi connectivity index (χ4v) is 2.55. The van der Waals surface area contributed by atoms with Gasteiger partial charge in [-0.25, -0.2) is 0 Å². The van der Waals surface area contributed by atoms with Crippen LogP contribution in [0.5, 0.6) is 5.75 Å². The van der Waals surface area contributed by atoms with E-state index >= 15 is 0 Å². The summed E-state index contributed by atoms with van der Waals surface area (Å²) < 4.78 is 5.22. The zero-order chi connectivity index (χ0) is 13.1. The summed E-state index contributed by atoms with van der Waals surface area (Å²) in [5.41, 5.74) is 0.950. The fourth-order valence-electron chi connectivity index (χ4n) is 1.84. The molecule has 0 saturated heterocycles. The molecule has 0 aliphatic carbocycles. The minimum Gasteiger partial charge on any atom is -0.508 e. The van der Waals surface area contributed by atoms with Crippen molar-refractivity contribution in [2.75, 3.05) is 0 Å². The maximum absolute atomic E-state index is 9.40. The largest absolute Gasteiger partial charge is 0.508 e. The molecule has 0 saturated carbocycles. The number of aromatic hydroxyl groups is 1. The Morgan fingerprint density at radius 3 is 2.89 bits per heavy atom. The Balaban J connectivity index is 1.71. The smallest absolute Gasteiger partial charge is 0.231 e. The third-order valence-corrected chi connectivity index (χ3v) is 3.56. The lowest BCUT2D eigenvalue weighted by Gasteiger charge is -1.96. The summed E-state index contributed by atoms with van der Waals surface area (Å²) in [4.78, 5) is 5.57. The molecule has 2 heterocycles. The predicted octanol–water partition coefficient (Wildman–Crippen LogP) is 3.02. The molecule has 0 atom stereocenters. The van der Waals surface area contributed by atoms with Gasteiger partial charge in [-0.2, -0.15) is 4.98 Å². The van der Waals surface area contributed by atoms with Gasteiger partial charge in [0.05, 0.1) is 6.42 Å². The number of phenols is 1. The van der Waals surface area contributed by atoms with Crippen LogP contribution >= 0.6 is 11.3 Å². The number of benzene rings is 1. The molecule has 0 aliphatic heterocycles. The van der Waals surface area contributed by atoms with E-state index in [2.05, 4.69) is 16.2 Å². The van der Waals surface area contributed by atoms with Crippen molar-refractivity contribution in [3.8, 4) is 5.75 Å².